The van der Waals surface area contributed by atoms with E-state index in [0.29, 0.717) is 24.7 Å². The quantitative estimate of drug-likeness (QED) is 0.910. The standard InChI is InChI=1S/C16H20F2N4O/c17-16(18)3-5-21(10-16)14-7-13-6-11(14)9-22(13)15(23)20-12-2-1-4-19-8-12/h1-2,4,8,11,13-14H,3,5-7,9-10H2,(H,20,23). The summed E-state index contributed by atoms with van der Waals surface area (Å²) in [5.41, 5.74) is 0.677. The van der Waals surface area contributed by atoms with Crippen LogP contribution in [0.2, 0.25) is 0 Å². The second-order valence-electron chi connectivity index (χ2n) is 6.85. The molecule has 23 heavy (non-hydrogen) atoms. The molecule has 0 radical (unpaired) electrons. The Kier molecular flexibility index (Phi) is 3.48. The largest absolute Gasteiger partial charge is 0.322 e. The van der Waals surface area contributed by atoms with Crippen LogP contribution in [0.3, 0.4) is 0 Å². The number of carbonyl (C=O) groups excluding carboxylic acids is 1. The van der Waals surface area contributed by atoms with Crippen LogP contribution in [-0.4, -0.2) is 58.5 Å². The molecule has 1 aromatic heterocycles. The Balaban J connectivity index is 1.37. The van der Waals surface area contributed by atoms with Gasteiger partial charge in [0.1, 0.15) is 0 Å². The van der Waals surface area contributed by atoms with Gasteiger partial charge in [-0.25, -0.2) is 13.6 Å². The van der Waals surface area contributed by atoms with E-state index in [9.17, 15) is 13.6 Å². The number of nitrogens with one attached hydrogen (secondary N) is 1. The molecule has 124 valence electrons. The van der Waals surface area contributed by atoms with Crippen LogP contribution in [0, 0.1) is 5.92 Å². The van der Waals surface area contributed by atoms with Gasteiger partial charge in [0.15, 0.2) is 0 Å². The van der Waals surface area contributed by atoms with Crippen LogP contribution in [0.1, 0.15) is 19.3 Å². The van der Waals surface area contributed by atoms with Gasteiger partial charge >= 0.3 is 6.03 Å². The van der Waals surface area contributed by atoms with Crippen molar-refractivity contribution < 1.29 is 13.6 Å². The fourth-order valence-corrected chi connectivity index (χ4v) is 4.30. The number of urea groups is 1. The van der Waals surface area contributed by atoms with E-state index >= 15 is 0 Å². The monoisotopic (exact) mass is 322 g/mol. The normalized spacial score (nSPS) is 32.4. The lowest BCUT2D eigenvalue weighted by Crippen LogP contribution is -2.48. The third-order valence-corrected chi connectivity index (χ3v) is 5.35. The predicted octanol–water partition coefficient (Wildman–Crippen LogP) is 2.42. The maximum Gasteiger partial charge on any atom is 0.322 e. The number of rotatable bonds is 2. The number of piperidine rings is 1. The molecular formula is C16H20F2N4O. The smallest absolute Gasteiger partial charge is 0.321 e. The molecule has 5 nitrogen and oxygen atoms in total. The van der Waals surface area contributed by atoms with Crippen LogP contribution >= 0.6 is 0 Å². The summed E-state index contributed by atoms with van der Waals surface area (Å²) < 4.78 is 26.8. The highest BCUT2D eigenvalue weighted by Crippen LogP contribution is 2.43. The van der Waals surface area contributed by atoms with Crippen molar-refractivity contribution in [1.82, 2.24) is 14.8 Å². The number of nitrogens with zero attached hydrogens (tertiary/aromatic N) is 3. The number of hydrogen-bond acceptors (Lipinski definition) is 3. The molecule has 1 aromatic rings. The van der Waals surface area contributed by atoms with Crippen LogP contribution in [-0.2, 0) is 0 Å². The molecule has 2 aliphatic heterocycles. The van der Waals surface area contributed by atoms with E-state index < -0.39 is 5.92 Å². The Morgan fingerprint density at radius 3 is 2.87 bits per heavy atom. The third kappa shape index (κ3) is 2.78. The van der Waals surface area contributed by atoms with Gasteiger partial charge in [0.2, 0.25) is 0 Å². The highest BCUT2D eigenvalue weighted by atomic mass is 19.3. The van der Waals surface area contributed by atoms with E-state index in [2.05, 4.69) is 10.3 Å². The predicted molar refractivity (Wildman–Crippen MR) is 81.4 cm³/mol. The summed E-state index contributed by atoms with van der Waals surface area (Å²) in [5.74, 6) is -2.23. The van der Waals surface area contributed by atoms with Gasteiger partial charge in [-0.05, 0) is 30.9 Å². The topological polar surface area (TPSA) is 48.5 Å². The van der Waals surface area contributed by atoms with Crippen molar-refractivity contribution in [2.75, 3.05) is 25.0 Å². The number of alkyl halides is 2. The molecule has 1 aliphatic carbocycles. The molecule has 3 unspecified atom stereocenters. The lowest BCUT2D eigenvalue weighted by atomic mass is 10.0. The Hall–Kier alpha value is -1.76. The van der Waals surface area contributed by atoms with Crippen LogP contribution < -0.4 is 5.32 Å². The van der Waals surface area contributed by atoms with Gasteiger partial charge in [-0.1, -0.05) is 0 Å². The van der Waals surface area contributed by atoms with Crippen LogP contribution in [0.4, 0.5) is 19.3 Å². The summed E-state index contributed by atoms with van der Waals surface area (Å²) in [7, 11) is 0. The van der Waals surface area contributed by atoms with E-state index in [-0.39, 0.29) is 31.1 Å². The third-order valence-electron chi connectivity index (χ3n) is 5.35. The average molecular weight is 322 g/mol. The highest BCUT2D eigenvalue weighted by molar-refractivity contribution is 5.89. The number of amides is 2. The van der Waals surface area contributed by atoms with Gasteiger partial charge in [-0.15, -0.1) is 0 Å². The van der Waals surface area contributed by atoms with Gasteiger partial charge in [0, 0.05) is 37.8 Å². The number of pyridine rings is 1. The number of halogens is 2. The van der Waals surface area contributed by atoms with E-state index in [1.54, 1.807) is 24.5 Å². The van der Waals surface area contributed by atoms with Crippen LogP contribution in [0.5, 0.6) is 0 Å². The molecule has 1 N–H and O–H groups in total. The lowest BCUT2D eigenvalue weighted by molar-refractivity contribution is 0.00309. The summed E-state index contributed by atoms with van der Waals surface area (Å²) in [6.45, 7) is 1.01. The first-order valence-electron chi connectivity index (χ1n) is 8.11. The van der Waals surface area contributed by atoms with Crippen LogP contribution in [0.25, 0.3) is 0 Å². The van der Waals surface area contributed by atoms with E-state index in [0.717, 1.165) is 12.8 Å². The summed E-state index contributed by atoms with van der Waals surface area (Å²) in [4.78, 5) is 20.1. The molecule has 3 fully saturated rings. The number of anilines is 1. The maximum absolute atomic E-state index is 13.4. The molecular weight excluding hydrogens is 302 g/mol. The molecule has 2 saturated heterocycles. The van der Waals surface area contributed by atoms with Crippen molar-refractivity contribution in [2.24, 2.45) is 5.92 Å². The maximum atomic E-state index is 13.4. The molecule has 3 atom stereocenters. The van der Waals surface area contributed by atoms with Gasteiger partial charge in [0.05, 0.1) is 18.4 Å². The summed E-state index contributed by atoms with van der Waals surface area (Å²) in [5, 5.41) is 2.86. The number of carbonyl (C=O) groups is 1. The Morgan fingerprint density at radius 2 is 2.26 bits per heavy atom. The van der Waals surface area contributed by atoms with Crippen LogP contribution in [0.15, 0.2) is 24.5 Å². The molecule has 2 amide bonds. The molecule has 7 heteroatoms. The van der Waals surface area contributed by atoms with Gasteiger partial charge in [-0.2, -0.15) is 0 Å². The number of likely N-dealkylation sites (tertiary alicyclic amines) is 2. The summed E-state index contributed by atoms with van der Waals surface area (Å²) in [6, 6.07) is 3.83. The van der Waals surface area contributed by atoms with E-state index in [4.69, 9.17) is 0 Å². The minimum absolute atomic E-state index is 0.0356. The fraction of sp³-hybridized carbons (Fsp3) is 0.625. The summed E-state index contributed by atoms with van der Waals surface area (Å²) >= 11 is 0. The van der Waals surface area contributed by atoms with Crippen molar-refractivity contribution in [3.63, 3.8) is 0 Å². The first kappa shape index (κ1) is 14.8. The second kappa shape index (κ2) is 5.40. The second-order valence-corrected chi connectivity index (χ2v) is 6.85. The number of aromatic nitrogens is 1. The van der Waals surface area contributed by atoms with Gasteiger partial charge in [-0.3, -0.25) is 9.88 Å². The number of fused-ring (bicyclic) bond motifs is 2. The minimum Gasteiger partial charge on any atom is -0.321 e. The van der Waals surface area contributed by atoms with E-state index in [1.807, 2.05) is 9.80 Å². The van der Waals surface area contributed by atoms with Crippen molar-refractivity contribution >= 4 is 11.7 Å². The molecule has 4 rings (SSSR count). The lowest BCUT2D eigenvalue weighted by Gasteiger charge is -2.36. The Bertz CT molecular complexity index is 597. The van der Waals surface area contributed by atoms with Crippen molar-refractivity contribution in [3.05, 3.63) is 24.5 Å². The van der Waals surface area contributed by atoms with Crippen molar-refractivity contribution in [2.45, 2.75) is 37.3 Å². The van der Waals surface area contributed by atoms with Gasteiger partial charge < -0.3 is 10.2 Å². The number of hydrogen-bond donors (Lipinski definition) is 1. The zero-order valence-electron chi connectivity index (χ0n) is 12.8. The first-order valence-corrected chi connectivity index (χ1v) is 8.11. The Labute approximate surface area is 133 Å². The minimum atomic E-state index is -2.54. The molecule has 0 spiro atoms. The Morgan fingerprint density at radius 1 is 1.39 bits per heavy atom. The van der Waals surface area contributed by atoms with E-state index in [1.165, 1.54) is 0 Å². The van der Waals surface area contributed by atoms with Crippen molar-refractivity contribution in [1.29, 1.82) is 0 Å². The molecule has 3 aliphatic rings. The zero-order chi connectivity index (χ0) is 16.0. The molecule has 3 heterocycles. The van der Waals surface area contributed by atoms with Gasteiger partial charge in [0.25, 0.3) is 5.92 Å². The first-order chi connectivity index (χ1) is 11.0. The SMILES string of the molecule is O=C(Nc1cccnc1)N1CC2CC1CC2N1CCC(F)(F)C1. The zero-order valence-corrected chi connectivity index (χ0v) is 12.8. The fourth-order valence-electron chi connectivity index (χ4n) is 4.30. The molecule has 2 bridgehead atoms. The summed E-state index contributed by atoms with van der Waals surface area (Å²) in [6.07, 6.45) is 4.96. The highest BCUT2D eigenvalue weighted by Gasteiger charge is 2.51. The van der Waals surface area contributed by atoms with Crippen molar-refractivity contribution in [3.8, 4) is 0 Å². The molecule has 1 saturated carbocycles. The molecule has 0 aromatic carbocycles. The average Bonchev–Trinajstić information content (AvgIpc) is 3.21.